The minimum absolute atomic E-state index is 0.109. The van der Waals surface area contributed by atoms with Crippen LogP contribution in [-0.4, -0.2) is 52.2 Å². The molecule has 148 valence electrons. The van der Waals surface area contributed by atoms with Gasteiger partial charge in [0, 0.05) is 13.5 Å². The molecule has 1 aromatic rings. The molecule has 0 radical (unpaired) electrons. The van der Waals surface area contributed by atoms with Crippen molar-refractivity contribution < 1.29 is 23.7 Å². The van der Waals surface area contributed by atoms with Crippen LogP contribution in [0, 0.1) is 0 Å². The predicted octanol–water partition coefficient (Wildman–Crippen LogP) is 3.89. The highest BCUT2D eigenvalue weighted by atomic mass is 28.4. The molecule has 0 aliphatic carbocycles. The van der Waals surface area contributed by atoms with E-state index in [1.54, 1.807) is 7.11 Å². The molecule has 6 heteroatoms. The van der Waals surface area contributed by atoms with Crippen molar-refractivity contribution in [3.8, 4) is 0 Å². The van der Waals surface area contributed by atoms with Crippen LogP contribution in [0.3, 0.4) is 0 Å². The summed E-state index contributed by atoms with van der Waals surface area (Å²) < 4.78 is 23.3. The largest absolute Gasteiger partial charge is 0.414 e. The van der Waals surface area contributed by atoms with Gasteiger partial charge in [-0.2, -0.15) is 0 Å². The number of aliphatic hydroxyl groups excluding tert-OH is 1. The van der Waals surface area contributed by atoms with Gasteiger partial charge in [0.15, 0.2) is 8.32 Å². The van der Waals surface area contributed by atoms with Crippen LogP contribution in [0.5, 0.6) is 0 Å². The van der Waals surface area contributed by atoms with Crippen LogP contribution in [0.15, 0.2) is 30.3 Å². The SMILES string of the molecule is COCO[C@H]1C[C@H](c2ccccc2)O[C@H](CO[Si](C)(C)C(C)(C)C)[C@H]1O. The third kappa shape index (κ3) is 5.37. The second-order valence-corrected chi connectivity index (χ2v) is 13.3. The van der Waals surface area contributed by atoms with Crippen LogP contribution >= 0.6 is 0 Å². The van der Waals surface area contributed by atoms with E-state index in [4.69, 9.17) is 18.6 Å². The molecule has 1 aromatic carbocycles. The van der Waals surface area contributed by atoms with E-state index in [2.05, 4.69) is 33.9 Å². The van der Waals surface area contributed by atoms with Crippen LogP contribution in [0.4, 0.5) is 0 Å². The Bertz CT molecular complexity index is 543. The standard InChI is InChI=1S/C20H34O5Si/c1-20(2,3)26(5,6)24-13-18-19(21)17(23-14-22-4)12-16(25-18)15-10-8-7-9-11-15/h7-11,16-19,21H,12-14H2,1-6H3/t16-,17+,18-,19+/m1/s1. The van der Waals surface area contributed by atoms with Gasteiger partial charge < -0.3 is 23.7 Å². The fourth-order valence-electron chi connectivity index (χ4n) is 2.79. The molecule has 0 saturated carbocycles. The Morgan fingerprint density at radius 1 is 1.19 bits per heavy atom. The maximum atomic E-state index is 10.7. The Kier molecular flexibility index (Phi) is 7.41. The van der Waals surface area contributed by atoms with Crippen molar-refractivity contribution in [1.29, 1.82) is 0 Å². The molecule has 0 unspecified atom stereocenters. The number of rotatable bonds is 7. The Balaban J connectivity index is 2.12. The zero-order valence-corrected chi connectivity index (χ0v) is 17.9. The summed E-state index contributed by atoms with van der Waals surface area (Å²) in [7, 11) is -0.342. The first kappa shape index (κ1) is 21.5. The lowest BCUT2D eigenvalue weighted by molar-refractivity contribution is -0.212. The average molecular weight is 383 g/mol. The van der Waals surface area contributed by atoms with Gasteiger partial charge in [-0.05, 0) is 23.7 Å². The molecule has 4 atom stereocenters. The van der Waals surface area contributed by atoms with Crippen molar-refractivity contribution in [3.63, 3.8) is 0 Å². The fourth-order valence-corrected chi connectivity index (χ4v) is 3.80. The molecule has 1 aliphatic rings. The Hall–Kier alpha value is -0.763. The summed E-state index contributed by atoms with van der Waals surface area (Å²) in [6.07, 6.45) is -1.05. The van der Waals surface area contributed by atoms with E-state index in [0.29, 0.717) is 13.0 Å². The van der Waals surface area contributed by atoms with Gasteiger partial charge in [-0.15, -0.1) is 0 Å². The van der Waals surface area contributed by atoms with E-state index in [1.807, 2.05) is 30.3 Å². The highest BCUT2D eigenvalue weighted by Gasteiger charge is 2.42. The molecule has 0 aromatic heterocycles. The van der Waals surface area contributed by atoms with E-state index in [1.165, 1.54) is 0 Å². The summed E-state index contributed by atoms with van der Waals surface area (Å²) in [6, 6.07) is 10.1. The number of benzene rings is 1. The van der Waals surface area contributed by atoms with E-state index in [0.717, 1.165) is 5.56 Å². The van der Waals surface area contributed by atoms with Crippen LogP contribution in [0.1, 0.15) is 38.9 Å². The second kappa shape index (κ2) is 8.95. The minimum atomic E-state index is -1.92. The second-order valence-electron chi connectivity index (χ2n) is 8.48. The van der Waals surface area contributed by atoms with Crippen LogP contribution in [0.2, 0.25) is 18.1 Å². The maximum Gasteiger partial charge on any atom is 0.192 e. The molecule has 1 saturated heterocycles. The van der Waals surface area contributed by atoms with E-state index >= 15 is 0 Å². The Morgan fingerprint density at radius 2 is 1.85 bits per heavy atom. The topological polar surface area (TPSA) is 57.2 Å². The van der Waals surface area contributed by atoms with Gasteiger partial charge in [0.2, 0.25) is 0 Å². The Morgan fingerprint density at radius 3 is 2.42 bits per heavy atom. The third-order valence-electron chi connectivity index (χ3n) is 5.53. The molecule has 0 amide bonds. The molecular formula is C20H34O5Si. The molecule has 2 rings (SSSR count). The van der Waals surface area contributed by atoms with E-state index in [-0.39, 0.29) is 24.0 Å². The number of methoxy groups -OCH3 is 1. The van der Waals surface area contributed by atoms with Gasteiger partial charge in [-0.1, -0.05) is 51.1 Å². The summed E-state index contributed by atoms with van der Waals surface area (Å²) in [5.41, 5.74) is 1.09. The zero-order valence-electron chi connectivity index (χ0n) is 16.9. The van der Waals surface area contributed by atoms with Crippen molar-refractivity contribution >= 4 is 8.32 Å². The third-order valence-corrected chi connectivity index (χ3v) is 10.0. The molecule has 0 spiro atoms. The van der Waals surface area contributed by atoms with Crippen LogP contribution in [0.25, 0.3) is 0 Å². The first-order valence-corrected chi connectivity index (χ1v) is 12.2. The van der Waals surface area contributed by atoms with Gasteiger partial charge in [0.25, 0.3) is 0 Å². The first-order chi connectivity index (χ1) is 12.2. The molecule has 1 aliphatic heterocycles. The molecule has 5 nitrogen and oxygen atoms in total. The summed E-state index contributed by atoms with van der Waals surface area (Å²) in [5, 5.41) is 10.9. The van der Waals surface area contributed by atoms with Crippen molar-refractivity contribution in [2.45, 2.75) is 69.7 Å². The average Bonchev–Trinajstić information content (AvgIpc) is 2.59. The van der Waals surface area contributed by atoms with E-state index < -0.39 is 20.5 Å². The summed E-state index contributed by atoms with van der Waals surface area (Å²) in [6.45, 7) is 11.5. The molecule has 1 heterocycles. The van der Waals surface area contributed by atoms with Crippen molar-refractivity contribution in [2.75, 3.05) is 20.5 Å². The number of hydrogen-bond acceptors (Lipinski definition) is 5. The van der Waals surface area contributed by atoms with Gasteiger partial charge >= 0.3 is 0 Å². The molecular weight excluding hydrogens is 348 g/mol. The monoisotopic (exact) mass is 382 g/mol. The van der Waals surface area contributed by atoms with Crippen molar-refractivity contribution in [2.24, 2.45) is 0 Å². The van der Waals surface area contributed by atoms with Gasteiger partial charge in [-0.25, -0.2) is 0 Å². The highest BCUT2D eigenvalue weighted by Crippen LogP contribution is 2.38. The summed E-state index contributed by atoms with van der Waals surface area (Å²) >= 11 is 0. The normalized spacial score (nSPS) is 27.5. The van der Waals surface area contributed by atoms with Crippen LogP contribution in [-0.2, 0) is 18.6 Å². The van der Waals surface area contributed by atoms with Crippen molar-refractivity contribution in [1.82, 2.24) is 0 Å². The number of ether oxygens (including phenoxy) is 3. The quantitative estimate of drug-likeness (QED) is 0.573. The fraction of sp³-hybridized carbons (Fsp3) is 0.700. The Labute approximate surface area is 158 Å². The first-order valence-electron chi connectivity index (χ1n) is 9.28. The maximum absolute atomic E-state index is 10.7. The summed E-state index contributed by atoms with van der Waals surface area (Å²) in [5.74, 6) is 0. The lowest BCUT2D eigenvalue weighted by Crippen LogP contribution is -2.51. The zero-order chi connectivity index (χ0) is 19.4. The van der Waals surface area contributed by atoms with Gasteiger partial charge in [0.1, 0.15) is 19.0 Å². The molecule has 1 N–H and O–H groups in total. The lowest BCUT2D eigenvalue weighted by atomic mass is 9.94. The molecule has 0 bridgehead atoms. The predicted molar refractivity (Wildman–Crippen MR) is 105 cm³/mol. The van der Waals surface area contributed by atoms with Crippen molar-refractivity contribution in [3.05, 3.63) is 35.9 Å². The number of aliphatic hydroxyl groups is 1. The minimum Gasteiger partial charge on any atom is -0.414 e. The lowest BCUT2D eigenvalue weighted by Gasteiger charge is -2.42. The van der Waals surface area contributed by atoms with Gasteiger partial charge in [-0.3, -0.25) is 0 Å². The summed E-state index contributed by atoms with van der Waals surface area (Å²) in [4.78, 5) is 0. The smallest absolute Gasteiger partial charge is 0.192 e. The van der Waals surface area contributed by atoms with E-state index in [9.17, 15) is 5.11 Å². The molecule has 26 heavy (non-hydrogen) atoms. The highest BCUT2D eigenvalue weighted by molar-refractivity contribution is 6.74. The van der Waals surface area contributed by atoms with Gasteiger partial charge in [0.05, 0.1) is 18.8 Å². The van der Waals surface area contributed by atoms with Crippen LogP contribution < -0.4 is 0 Å². The number of hydrogen-bond donors (Lipinski definition) is 1. The molecule has 1 fully saturated rings.